The Morgan fingerprint density at radius 3 is 2.81 bits per heavy atom. The Balaban J connectivity index is 2.09. The number of aromatic nitrogens is 1. The number of anilines is 2. The van der Waals surface area contributed by atoms with Crippen molar-refractivity contribution in [3.05, 3.63) is 65.4 Å². The minimum absolute atomic E-state index is 0.133. The molecule has 2 N–H and O–H groups in total. The lowest BCUT2D eigenvalue weighted by Crippen LogP contribution is -2.03. The minimum atomic E-state index is -1.03. The maximum atomic E-state index is 11.3. The van der Waals surface area contributed by atoms with Crippen molar-refractivity contribution >= 4 is 39.7 Å². The molecule has 0 radical (unpaired) electrons. The smallest absolute Gasteiger partial charge is 0.337 e. The molecule has 0 saturated carbocycles. The van der Waals surface area contributed by atoms with E-state index in [2.05, 4.69) is 10.3 Å². The summed E-state index contributed by atoms with van der Waals surface area (Å²) in [5, 5.41) is 14.8. The van der Waals surface area contributed by atoms with E-state index in [1.165, 1.54) is 6.07 Å². The lowest BCUT2D eigenvalue weighted by Gasteiger charge is -2.12. The Morgan fingerprint density at radius 2 is 2.00 bits per heavy atom. The van der Waals surface area contributed by atoms with Crippen LogP contribution >= 0.6 is 11.6 Å². The van der Waals surface area contributed by atoms with Gasteiger partial charge in [-0.05, 0) is 30.3 Å². The van der Waals surface area contributed by atoms with Crippen LogP contribution in [0.3, 0.4) is 0 Å². The molecule has 0 unspecified atom stereocenters. The molecule has 3 rings (SSSR count). The summed E-state index contributed by atoms with van der Waals surface area (Å²) in [7, 11) is 0. The van der Waals surface area contributed by atoms with Crippen LogP contribution in [-0.4, -0.2) is 16.1 Å². The van der Waals surface area contributed by atoms with Crippen LogP contribution in [0.5, 0.6) is 0 Å². The van der Waals surface area contributed by atoms with Gasteiger partial charge in [0.1, 0.15) is 0 Å². The van der Waals surface area contributed by atoms with E-state index in [4.69, 9.17) is 11.6 Å². The molecule has 1 aromatic heterocycles. The van der Waals surface area contributed by atoms with Gasteiger partial charge in [0.25, 0.3) is 0 Å². The lowest BCUT2D eigenvalue weighted by molar-refractivity contribution is 0.0698. The van der Waals surface area contributed by atoms with Crippen LogP contribution < -0.4 is 5.32 Å². The fraction of sp³-hybridized carbons (Fsp3) is 0. The number of nitrogens with zero attached hydrogens (tertiary/aromatic N) is 1. The molecular formula is C16H11ClN2O2. The second-order valence-electron chi connectivity index (χ2n) is 4.52. The van der Waals surface area contributed by atoms with Crippen molar-refractivity contribution in [2.24, 2.45) is 0 Å². The van der Waals surface area contributed by atoms with Gasteiger partial charge in [-0.2, -0.15) is 0 Å². The van der Waals surface area contributed by atoms with E-state index >= 15 is 0 Å². The van der Waals surface area contributed by atoms with E-state index in [0.717, 1.165) is 16.5 Å². The molecule has 0 amide bonds. The molecule has 0 aliphatic rings. The third-order valence-corrected chi connectivity index (χ3v) is 3.40. The average molecular weight is 299 g/mol. The maximum absolute atomic E-state index is 11.3. The highest BCUT2D eigenvalue weighted by molar-refractivity contribution is 6.31. The fourth-order valence-electron chi connectivity index (χ4n) is 2.18. The molecule has 1 heterocycles. The molecule has 104 valence electrons. The predicted octanol–water partition coefficient (Wildman–Crippen LogP) is 4.33. The first-order valence-electron chi connectivity index (χ1n) is 6.28. The topological polar surface area (TPSA) is 62.2 Å². The highest BCUT2D eigenvalue weighted by Gasteiger charge is 2.11. The highest BCUT2D eigenvalue weighted by atomic mass is 35.5. The third kappa shape index (κ3) is 2.66. The van der Waals surface area contributed by atoms with E-state index < -0.39 is 5.97 Å². The van der Waals surface area contributed by atoms with Gasteiger partial charge in [0.05, 0.1) is 11.3 Å². The van der Waals surface area contributed by atoms with E-state index in [-0.39, 0.29) is 5.56 Å². The quantitative estimate of drug-likeness (QED) is 0.755. The molecule has 0 aliphatic heterocycles. The Kier molecular flexibility index (Phi) is 3.46. The molecule has 5 heteroatoms. The van der Waals surface area contributed by atoms with Crippen LogP contribution in [-0.2, 0) is 0 Å². The molecule has 4 nitrogen and oxygen atoms in total. The van der Waals surface area contributed by atoms with E-state index in [0.29, 0.717) is 10.7 Å². The van der Waals surface area contributed by atoms with E-state index in [1.54, 1.807) is 24.5 Å². The predicted molar refractivity (Wildman–Crippen MR) is 83.4 cm³/mol. The highest BCUT2D eigenvalue weighted by Crippen LogP contribution is 2.28. The van der Waals surface area contributed by atoms with Gasteiger partial charge in [-0.15, -0.1) is 0 Å². The molecule has 2 aromatic carbocycles. The Morgan fingerprint density at radius 1 is 1.14 bits per heavy atom. The van der Waals surface area contributed by atoms with Crippen LogP contribution in [0.15, 0.2) is 54.9 Å². The SMILES string of the molecule is O=C(O)c1cc(Cl)ccc1Nc1cccc2cnccc12. The minimum Gasteiger partial charge on any atom is -0.478 e. The van der Waals surface area contributed by atoms with Crippen LogP contribution in [0.25, 0.3) is 10.8 Å². The number of nitrogens with one attached hydrogen (secondary N) is 1. The van der Waals surface area contributed by atoms with Crippen molar-refractivity contribution in [3.8, 4) is 0 Å². The molecule has 3 aromatic rings. The summed E-state index contributed by atoms with van der Waals surface area (Å²) in [6.45, 7) is 0. The monoisotopic (exact) mass is 298 g/mol. The summed E-state index contributed by atoms with van der Waals surface area (Å²) in [4.78, 5) is 15.4. The van der Waals surface area contributed by atoms with Crippen molar-refractivity contribution < 1.29 is 9.90 Å². The summed E-state index contributed by atoms with van der Waals surface area (Å²) < 4.78 is 0. The summed E-state index contributed by atoms with van der Waals surface area (Å²) in [5.74, 6) is -1.03. The van der Waals surface area contributed by atoms with Crippen LogP contribution in [0.4, 0.5) is 11.4 Å². The zero-order valence-corrected chi connectivity index (χ0v) is 11.6. The number of benzene rings is 2. The molecule has 0 spiro atoms. The van der Waals surface area contributed by atoms with Crippen molar-refractivity contribution in [1.82, 2.24) is 4.98 Å². The number of carboxylic acids is 1. The summed E-state index contributed by atoms with van der Waals surface area (Å²) >= 11 is 5.86. The van der Waals surface area contributed by atoms with Crippen molar-refractivity contribution in [2.45, 2.75) is 0 Å². The maximum Gasteiger partial charge on any atom is 0.337 e. The zero-order chi connectivity index (χ0) is 14.8. The van der Waals surface area contributed by atoms with Crippen molar-refractivity contribution in [3.63, 3.8) is 0 Å². The number of carbonyl (C=O) groups is 1. The van der Waals surface area contributed by atoms with Gasteiger partial charge >= 0.3 is 5.97 Å². The lowest BCUT2D eigenvalue weighted by atomic mass is 10.1. The van der Waals surface area contributed by atoms with Crippen LogP contribution in [0.2, 0.25) is 5.02 Å². The summed E-state index contributed by atoms with van der Waals surface area (Å²) in [5.41, 5.74) is 1.45. The standard InChI is InChI=1S/C16H11ClN2O2/c17-11-4-5-15(13(8-11)16(20)21)19-14-3-1-2-10-9-18-7-6-12(10)14/h1-9,19H,(H,20,21). The van der Waals surface area contributed by atoms with E-state index in [9.17, 15) is 9.90 Å². The van der Waals surface area contributed by atoms with Gasteiger partial charge in [-0.3, -0.25) is 4.98 Å². The molecule has 0 fully saturated rings. The van der Waals surface area contributed by atoms with Crippen LogP contribution in [0, 0.1) is 0 Å². The van der Waals surface area contributed by atoms with Gasteiger partial charge in [0.15, 0.2) is 0 Å². The van der Waals surface area contributed by atoms with Gasteiger partial charge in [0, 0.05) is 33.9 Å². The summed E-state index contributed by atoms with van der Waals surface area (Å²) in [6.07, 6.45) is 3.47. The Bertz CT molecular complexity index is 828. The average Bonchev–Trinajstić information content (AvgIpc) is 2.49. The molecule has 21 heavy (non-hydrogen) atoms. The molecule has 0 bridgehead atoms. The van der Waals surface area contributed by atoms with Crippen molar-refractivity contribution in [1.29, 1.82) is 0 Å². The van der Waals surface area contributed by atoms with Gasteiger partial charge < -0.3 is 10.4 Å². The van der Waals surface area contributed by atoms with Gasteiger partial charge in [0.2, 0.25) is 0 Å². The number of halogens is 1. The first kappa shape index (κ1) is 13.4. The summed E-state index contributed by atoms with van der Waals surface area (Å²) in [6, 6.07) is 12.4. The third-order valence-electron chi connectivity index (χ3n) is 3.16. The Hall–Kier alpha value is -2.59. The largest absolute Gasteiger partial charge is 0.478 e. The molecule has 0 aliphatic carbocycles. The van der Waals surface area contributed by atoms with Gasteiger partial charge in [-0.1, -0.05) is 23.7 Å². The number of fused-ring (bicyclic) bond motifs is 1. The first-order valence-corrected chi connectivity index (χ1v) is 6.65. The first-order chi connectivity index (χ1) is 10.1. The Labute approximate surface area is 126 Å². The second kappa shape index (κ2) is 5.42. The number of rotatable bonds is 3. The molecule has 0 atom stereocenters. The van der Waals surface area contributed by atoms with E-state index in [1.807, 2.05) is 24.3 Å². The van der Waals surface area contributed by atoms with Gasteiger partial charge in [-0.25, -0.2) is 4.79 Å². The second-order valence-corrected chi connectivity index (χ2v) is 4.96. The molecular weight excluding hydrogens is 288 g/mol. The fourth-order valence-corrected chi connectivity index (χ4v) is 2.35. The molecule has 0 saturated heterocycles. The number of aromatic carboxylic acids is 1. The normalized spacial score (nSPS) is 10.5. The number of hydrogen-bond acceptors (Lipinski definition) is 3. The zero-order valence-electron chi connectivity index (χ0n) is 10.9. The number of carboxylic acid groups (broad SMARTS) is 1. The van der Waals surface area contributed by atoms with Crippen molar-refractivity contribution in [2.75, 3.05) is 5.32 Å². The van der Waals surface area contributed by atoms with Crippen LogP contribution in [0.1, 0.15) is 10.4 Å². The number of pyridine rings is 1. The number of hydrogen-bond donors (Lipinski definition) is 2.